The average molecular weight is 445 g/mol. The minimum atomic E-state index is -1.24. The molecule has 0 fully saturated rings. The number of hydrogen-bond acceptors (Lipinski definition) is 5. The molecule has 5 rings (SSSR count). The molecule has 0 radical (unpaired) electrons. The molecular weight excluding hydrogens is 428 g/mol. The van der Waals surface area contributed by atoms with Crippen LogP contribution in [0.2, 0.25) is 5.02 Å². The Morgan fingerprint density at radius 1 is 0.875 bits per heavy atom. The van der Waals surface area contributed by atoms with Crippen LogP contribution in [-0.4, -0.2) is 22.1 Å². The van der Waals surface area contributed by atoms with Crippen molar-refractivity contribution < 1.29 is 14.3 Å². The van der Waals surface area contributed by atoms with E-state index in [1.54, 1.807) is 6.07 Å². The lowest BCUT2D eigenvalue weighted by molar-refractivity contribution is -0.0492. The van der Waals surface area contributed by atoms with E-state index in [4.69, 9.17) is 21.1 Å². The Hall–Kier alpha value is -3.74. The Balaban J connectivity index is 1.72. The molecule has 32 heavy (non-hydrogen) atoms. The Morgan fingerprint density at radius 2 is 1.53 bits per heavy atom. The summed E-state index contributed by atoms with van der Waals surface area (Å²) in [4.78, 5) is 29.5. The number of ketones is 1. The van der Waals surface area contributed by atoms with E-state index in [1.165, 1.54) is 12.4 Å². The summed E-state index contributed by atoms with van der Waals surface area (Å²) < 4.78 is 12.7. The van der Waals surface area contributed by atoms with Gasteiger partial charge in [0.25, 0.3) is 0 Å². The fourth-order valence-corrected chi connectivity index (χ4v) is 3.98. The highest BCUT2D eigenvalue weighted by Crippen LogP contribution is 2.43. The van der Waals surface area contributed by atoms with Crippen LogP contribution < -0.4 is 10.4 Å². The maximum Gasteiger partial charge on any atom is 0.350 e. The second kappa shape index (κ2) is 8.42. The summed E-state index contributed by atoms with van der Waals surface area (Å²) in [6.45, 7) is -0.222. The molecule has 1 aromatic heterocycles. The van der Waals surface area contributed by atoms with Gasteiger partial charge in [0.15, 0.2) is 6.79 Å². The Bertz CT molecular complexity index is 1350. The molecule has 1 atom stereocenters. The van der Waals surface area contributed by atoms with Crippen LogP contribution in [0.3, 0.4) is 0 Å². The SMILES string of the molecule is O=C1c2ccc(-c3ccccc3)c(-c3ccccc3)c2OCOC1n1cc(Cl)cnc1=O. The molecule has 0 saturated carbocycles. The second-order valence-corrected chi connectivity index (χ2v) is 7.64. The van der Waals surface area contributed by atoms with Gasteiger partial charge in [-0.1, -0.05) is 78.3 Å². The Kier molecular flexibility index (Phi) is 5.31. The predicted octanol–water partition coefficient (Wildman–Crippen LogP) is 4.98. The molecule has 158 valence electrons. The number of benzene rings is 3. The van der Waals surface area contributed by atoms with E-state index >= 15 is 0 Å². The van der Waals surface area contributed by atoms with E-state index in [2.05, 4.69) is 4.98 Å². The van der Waals surface area contributed by atoms with Crippen LogP contribution >= 0.6 is 11.6 Å². The number of nitrogens with zero attached hydrogens (tertiary/aromatic N) is 2. The van der Waals surface area contributed by atoms with Crippen molar-refractivity contribution in [3.63, 3.8) is 0 Å². The molecule has 1 aliphatic rings. The lowest BCUT2D eigenvalue weighted by atomic mass is 9.90. The summed E-state index contributed by atoms with van der Waals surface area (Å²) in [7, 11) is 0. The zero-order valence-electron chi connectivity index (χ0n) is 16.8. The van der Waals surface area contributed by atoms with E-state index in [-0.39, 0.29) is 11.8 Å². The van der Waals surface area contributed by atoms with Crippen molar-refractivity contribution >= 4 is 17.4 Å². The third kappa shape index (κ3) is 3.60. The van der Waals surface area contributed by atoms with Crippen molar-refractivity contribution in [2.24, 2.45) is 0 Å². The van der Waals surface area contributed by atoms with Crippen LogP contribution in [0.1, 0.15) is 16.6 Å². The number of aromatic nitrogens is 2. The summed E-state index contributed by atoms with van der Waals surface area (Å²) in [5.74, 6) is -0.00597. The van der Waals surface area contributed by atoms with E-state index in [9.17, 15) is 9.59 Å². The maximum absolute atomic E-state index is 13.5. The molecule has 0 saturated heterocycles. The van der Waals surface area contributed by atoms with Gasteiger partial charge in [-0.2, -0.15) is 4.98 Å². The fraction of sp³-hybridized carbons (Fsp3) is 0.0800. The van der Waals surface area contributed by atoms with Gasteiger partial charge >= 0.3 is 5.69 Å². The zero-order valence-corrected chi connectivity index (χ0v) is 17.5. The number of halogens is 1. The monoisotopic (exact) mass is 444 g/mol. The van der Waals surface area contributed by atoms with Crippen LogP contribution in [-0.2, 0) is 4.74 Å². The van der Waals surface area contributed by atoms with Crippen molar-refractivity contribution in [2.45, 2.75) is 6.23 Å². The van der Waals surface area contributed by atoms with Crippen molar-refractivity contribution in [1.29, 1.82) is 0 Å². The van der Waals surface area contributed by atoms with Crippen molar-refractivity contribution in [2.75, 3.05) is 6.79 Å². The number of fused-ring (bicyclic) bond motifs is 1. The van der Waals surface area contributed by atoms with E-state index in [0.717, 1.165) is 26.8 Å². The molecule has 7 heteroatoms. The van der Waals surface area contributed by atoms with Gasteiger partial charge < -0.3 is 9.47 Å². The smallest absolute Gasteiger partial charge is 0.350 e. The normalized spacial score (nSPS) is 15.5. The third-order valence-corrected chi connectivity index (χ3v) is 5.45. The van der Waals surface area contributed by atoms with Gasteiger partial charge in [-0.25, -0.2) is 4.79 Å². The van der Waals surface area contributed by atoms with Gasteiger partial charge in [-0.15, -0.1) is 0 Å². The van der Waals surface area contributed by atoms with Gasteiger partial charge in [-0.05, 0) is 22.8 Å². The van der Waals surface area contributed by atoms with Crippen LogP contribution in [0.25, 0.3) is 22.3 Å². The summed E-state index contributed by atoms with van der Waals surface area (Å²) in [6.07, 6.45) is 1.33. The van der Waals surface area contributed by atoms with Crippen LogP contribution in [0.15, 0.2) is 90.0 Å². The molecule has 0 N–H and O–H groups in total. The number of rotatable bonds is 3. The standard InChI is InChI=1S/C25H17ClN2O4/c26-18-13-27-25(30)28(14-18)24-22(29)20-12-11-19(16-7-3-1-4-8-16)21(23(20)31-15-32-24)17-9-5-2-6-10-17/h1-14,24H,15H2. The third-order valence-electron chi connectivity index (χ3n) is 5.26. The topological polar surface area (TPSA) is 70.4 Å². The first-order valence-electron chi connectivity index (χ1n) is 9.93. The predicted molar refractivity (Wildman–Crippen MR) is 121 cm³/mol. The van der Waals surface area contributed by atoms with Crippen molar-refractivity contribution in [3.8, 4) is 28.0 Å². The number of carbonyl (C=O) groups is 1. The van der Waals surface area contributed by atoms with Gasteiger partial charge in [-0.3, -0.25) is 9.36 Å². The Labute approximate surface area is 188 Å². The van der Waals surface area contributed by atoms with Crippen molar-refractivity contribution in [3.05, 3.63) is 106 Å². The summed E-state index contributed by atoms with van der Waals surface area (Å²) in [5, 5.41) is 0.218. The summed E-state index contributed by atoms with van der Waals surface area (Å²) >= 11 is 6.00. The van der Waals surface area contributed by atoms with Gasteiger partial charge in [0, 0.05) is 11.8 Å². The first-order valence-corrected chi connectivity index (χ1v) is 10.3. The first-order chi connectivity index (χ1) is 15.6. The molecule has 6 nitrogen and oxygen atoms in total. The first kappa shape index (κ1) is 20.2. The number of Topliss-reactive ketones (excluding diaryl/α,β-unsaturated/α-hetero) is 1. The molecule has 3 aromatic carbocycles. The minimum absolute atomic E-state index is 0.218. The van der Waals surface area contributed by atoms with Gasteiger partial charge in [0.05, 0.1) is 16.8 Å². The quantitative estimate of drug-likeness (QED) is 0.445. The number of ether oxygens (including phenoxy) is 2. The Morgan fingerprint density at radius 3 is 2.25 bits per heavy atom. The molecule has 0 amide bonds. The molecule has 0 bridgehead atoms. The maximum atomic E-state index is 13.5. The highest BCUT2D eigenvalue weighted by Gasteiger charge is 2.32. The van der Waals surface area contributed by atoms with Gasteiger partial charge in [0.1, 0.15) is 5.75 Å². The highest BCUT2D eigenvalue weighted by atomic mass is 35.5. The molecule has 2 heterocycles. The number of hydrogen-bond donors (Lipinski definition) is 0. The largest absolute Gasteiger partial charge is 0.466 e. The lowest BCUT2D eigenvalue weighted by Gasteiger charge is -2.17. The number of carbonyl (C=O) groups excluding carboxylic acids is 1. The molecule has 1 unspecified atom stereocenters. The second-order valence-electron chi connectivity index (χ2n) is 7.20. The van der Waals surface area contributed by atoms with E-state index in [1.807, 2.05) is 66.7 Å². The summed E-state index contributed by atoms with van der Waals surface area (Å²) in [6, 6.07) is 23.2. The van der Waals surface area contributed by atoms with E-state index in [0.29, 0.717) is 11.3 Å². The molecule has 4 aromatic rings. The fourth-order valence-electron chi connectivity index (χ4n) is 3.82. The molecular formula is C25H17ClN2O4. The molecule has 0 aliphatic carbocycles. The van der Waals surface area contributed by atoms with Crippen LogP contribution in [0.4, 0.5) is 0 Å². The minimum Gasteiger partial charge on any atom is -0.466 e. The molecule has 0 spiro atoms. The summed E-state index contributed by atoms with van der Waals surface area (Å²) in [5.41, 5.74) is 3.27. The van der Waals surface area contributed by atoms with E-state index < -0.39 is 17.7 Å². The highest BCUT2D eigenvalue weighted by molar-refractivity contribution is 6.30. The lowest BCUT2D eigenvalue weighted by Crippen LogP contribution is -2.32. The van der Waals surface area contributed by atoms with Crippen molar-refractivity contribution in [1.82, 2.24) is 9.55 Å². The van der Waals surface area contributed by atoms with Gasteiger partial charge in [0.2, 0.25) is 12.0 Å². The van der Waals surface area contributed by atoms with Crippen LogP contribution in [0.5, 0.6) is 5.75 Å². The average Bonchev–Trinajstić information content (AvgIpc) is 3.00. The zero-order chi connectivity index (χ0) is 22.1. The van der Waals surface area contributed by atoms with Crippen LogP contribution in [0, 0.1) is 0 Å². The molecule has 1 aliphatic heterocycles.